The molecule has 0 N–H and O–H groups in total. The molecule has 0 amide bonds. The van der Waals surface area contributed by atoms with Crippen LogP contribution in [0.1, 0.15) is 199 Å². The highest BCUT2D eigenvalue weighted by molar-refractivity contribution is 5.71. The van der Waals surface area contributed by atoms with Crippen molar-refractivity contribution in [3.8, 4) is 0 Å². The van der Waals surface area contributed by atoms with Crippen LogP contribution in [0.15, 0.2) is 46.6 Å². The number of rotatable bonds is 44. The zero-order valence-corrected chi connectivity index (χ0v) is 47.4. The van der Waals surface area contributed by atoms with Gasteiger partial charge in [-0.2, -0.15) is 0 Å². The fraction of sp³-hybridized carbons (Fsp3) is 0.797. The number of hydrogen-bond acceptors (Lipinski definition) is 11. The molecule has 0 saturated carbocycles. The minimum absolute atomic E-state index is 0.199. The molecule has 0 spiro atoms. The van der Waals surface area contributed by atoms with Crippen molar-refractivity contribution in [1.82, 2.24) is 14.7 Å². The quantitative estimate of drug-likeness (QED) is 0.0330. The van der Waals surface area contributed by atoms with Crippen molar-refractivity contribution in [2.75, 3.05) is 85.8 Å². The average molecular weight is 987 g/mol. The van der Waals surface area contributed by atoms with E-state index in [-0.39, 0.29) is 49.6 Å². The lowest BCUT2D eigenvalue weighted by Crippen LogP contribution is -2.34. The normalized spacial score (nSPS) is 13.0. The Labute approximate surface area is 430 Å². The molecule has 0 aromatic heterocycles. The minimum atomic E-state index is -0.199. The first-order valence-electron chi connectivity index (χ1n) is 27.5. The third-order valence-electron chi connectivity index (χ3n) is 12.9. The van der Waals surface area contributed by atoms with Gasteiger partial charge in [-0.25, -0.2) is 0 Å². The highest BCUT2D eigenvalue weighted by atomic mass is 16.5. The molecule has 11 nitrogen and oxygen atoms in total. The van der Waals surface area contributed by atoms with E-state index in [2.05, 4.69) is 129 Å². The van der Waals surface area contributed by atoms with Crippen LogP contribution in [0.4, 0.5) is 0 Å². The molecule has 70 heavy (non-hydrogen) atoms. The maximum absolute atomic E-state index is 12.8. The van der Waals surface area contributed by atoms with E-state index in [1.54, 1.807) is 0 Å². The van der Waals surface area contributed by atoms with Gasteiger partial charge in [-0.3, -0.25) is 19.2 Å². The predicted molar refractivity (Wildman–Crippen MR) is 292 cm³/mol. The summed E-state index contributed by atoms with van der Waals surface area (Å²) in [4.78, 5) is 58.0. The molecular weight excluding hydrogens is 879 g/mol. The summed E-state index contributed by atoms with van der Waals surface area (Å²) in [6, 6.07) is 0. The first kappa shape index (κ1) is 66.7. The lowest BCUT2D eigenvalue weighted by atomic mass is 10.0. The minimum Gasteiger partial charge on any atom is -0.466 e. The highest BCUT2D eigenvalue weighted by Gasteiger charge is 2.16. The second-order valence-corrected chi connectivity index (χ2v) is 21.6. The summed E-state index contributed by atoms with van der Waals surface area (Å²) in [6.07, 6.45) is 23.8. The maximum atomic E-state index is 12.8. The molecule has 0 aliphatic carbocycles. The fourth-order valence-electron chi connectivity index (χ4n) is 7.90. The van der Waals surface area contributed by atoms with E-state index >= 15 is 0 Å². The van der Waals surface area contributed by atoms with Crippen molar-refractivity contribution in [2.45, 2.75) is 199 Å². The van der Waals surface area contributed by atoms with Gasteiger partial charge in [0.1, 0.15) is 0 Å². The first-order chi connectivity index (χ1) is 33.2. The highest BCUT2D eigenvalue weighted by Crippen LogP contribution is 2.16. The summed E-state index contributed by atoms with van der Waals surface area (Å²) in [7, 11) is 2.11. The smallest absolute Gasteiger partial charge is 0.307 e. The van der Waals surface area contributed by atoms with E-state index in [0.717, 1.165) is 116 Å². The monoisotopic (exact) mass is 986 g/mol. The van der Waals surface area contributed by atoms with Gasteiger partial charge in [0.2, 0.25) is 0 Å². The molecular formula is C59H107N3O8. The van der Waals surface area contributed by atoms with Gasteiger partial charge < -0.3 is 33.6 Å². The number of hydrogen-bond donors (Lipinski definition) is 0. The largest absolute Gasteiger partial charge is 0.466 e. The van der Waals surface area contributed by atoms with Crippen LogP contribution in [-0.2, 0) is 38.1 Å². The van der Waals surface area contributed by atoms with E-state index in [1.165, 1.54) is 22.3 Å². The molecule has 0 aliphatic rings. The summed E-state index contributed by atoms with van der Waals surface area (Å²) >= 11 is 0. The van der Waals surface area contributed by atoms with E-state index in [4.69, 9.17) is 18.9 Å². The number of nitrogens with zero attached hydrogens (tertiary/aromatic N) is 3. The van der Waals surface area contributed by atoms with E-state index < -0.39 is 0 Å². The molecule has 0 aromatic rings. The second kappa shape index (κ2) is 43.3. The number of carbonyl (C=O) groups excluding carboxylic acids is 4. The van der Waals surface area contributed by atoms with Crippen LogP contribution >= 0.6 is 0 Å². The standard InChI is InChI=1S/C59H107N3O8/c1-48(2)20-14-24-52(9)32-44-67-56(63)28-40-61(41-29-57(64)68-45-33-53(10)25-15-21-49(3)4)38-18-36-60(13)37-19-39-62(42-30-58(65)69-46-34-54(11)26-16-22-50(5)6)43-31-59(66)70-47-35-55(12)27-17-23-51(7)8/h20-23,52-55H,14-19,24-47H2,1-13H3. The van der Waals surface area contributed by atoms with Gasteiger partial charge in [0.05, 0.1) is 52.1 Å². The van der Waals surface area contributed by atoms with Gasteiger partial charge in [0, 0.05) is 26.2 Å². The van der Waals surface area contributed by atoms with Crippen LogP contribution in [0.2, 0.25) is 0 Å². The lowest BCUT2D eigenvalue weighted by Gasteiger charge is -2.25. The van der Waals surface area contributed by atoms with Crippen molar-refractivity contribution in [3.05, 3.63) is 46.6 Å². The van der Waals surface area contributed by atoms with Crippen molar-refractivity contribution in [2.24, 2.45) is 23.7 Å². The fourth-order valence-corrected chi connectivity index (χ4v) is 7.90. The Kier molecular flexibility index (Phi) is 41.3. The molecule has 406 valence electrons. The topological polar surface area (TPSA) is 115 Å². The molecule has 0 rings (SSSR count). The SMILES string of the molecule is CC(C)=CCCC(C)CCOC(=O)CCN(CCCN(C)CCCN(CCC(=O)OCCC(C)CCC=C(C)C)CCC(=O)OCCC(C)CCC=C(C)C)CCC(=O)OCCC(C)CCC=C(C)C. The van der Waals surface area contributed by atoms with Gasteiger partial charge in [-0.15, -0.1) is 0 Å². The summed E-state index contributed by atoms with van der Waals surface area (Å²) in [6.45, 7) is 32.7. The summed E-state index contributed by atoms with van der Waals surface area (Å²) < 4.78 is 22.6. The molecule has 0 aromatic carbocycles. The van der Waals surface area contributed by atoms with Crippen LogP contribution < -0.4 is 0 Å². The Morgan fingerprint density at radius 1 is 0.357 bits per heavy atom. The lowest BCUT2D eigenvalue weighted by molar-refractivity contribution is -0.146. The molecule has 4 unspecified atom stereocenters. The molecule has 0 fully saturated rings. The Morgan fingerprint density at radius 3 is 0.800 bits per heavy atom. The molecule has 0 radical (unpaired) electrons. The van der Waals surface area contributed by atoms with Crippen molar-refractivity contribution >= 4 is 23.9 Å². The van der Waals surface area contributed by atoms with Crippen molar-refractivity contribution in [1.29, 1.82) is 0 Å². The number of carbonyl (C=O) groups is 4. The third-order valence-corrected chi connectivity index (χ3v) is 12.9. The van der Waals surface area contributed by atoms with Gasteiger partial charge in [0.15, 0.2) is 0 Å². The zero-order valence-electron chi connectivity index (χ0n) is 47.4. The van der Waals surface area contributed by atoms with E-state index in [1.807, 2.05) is 0 Å². The third kappa shape index (κ3) is 44.6. The number of esters is 4. The van der Waals surface area contributed by atoms with Gasteiger partial charge in [0.25, 0.3) is 0 Å². The first-order valence-corrected chi connectivity index (χ1v) is 27.5. The Morgan fingerprint density at radius 2 is 0.586 bits per heavy atom. The van der Waals surface area contributed by atoms with Gasteiger partial charge in [-0.05, 0) is 202 Å². The van der Waals surface area contributed by atoms with Crippen LogP contribution in [0, 0.1) is 23.7 Å². The molecule has 11 heteroatoms. The van der Waals surface area contributed by atoms with Crippen LogP contribution in [0.5, 0.6) is 0 Å². The number of allylic oxidation sites excluding steroid dienone is 8. The predicted octanol–water partition coefficient (Wildman–Crippen LogP) is 13.1. The molecule has 0 saturated heterocycles. The Hall–Kier alpha value is -3.28. The van der Waals surface area contributed by atoms with E-state index in [9.17, 15) is 19.2 Å². The van der Waals surface area contributed by atoms with E-state index in [0.29, 0.717) is 76.3 Å². The Bertz CT molecular complexity index is 1300. The van der Waals surface area contributed by atoms with Gasteiger partial charge >= 0.3 is 23.9 Å². The molecule has 0 heterocycles. The average Bonchev–Trinajstić information content (AvgIpc) is 3.27. The summed E-state index contributed by atoms with van der Waals surface area (Å²) in [5, 5.41) is 0. The zero-order chi connectivity index (χ0) is 52.5. The van der Waals surface area contributed by atoms with Gasteiger partial charge in [-0.1, -0.05) is 74.3 Å². The molecule has 0 aliphatic heterocycles. The van der Waals surface area contributed by atoms with Crippen LogP contribution in [0.25, 0.3) is 0 Å². The second-order valence-electron chi connectivity index (χ2n) is 21.6. The molecule has 0 bridgehead atoms. The van der Waals surface area contributed by atoms with Crippen LogP contribution in [0.3, 0.4) is 0 Å². The maximum Gasteiger partial charge on any atom is 0.307 e. The molecule has 4 atom stereocenters. The Balaban J connectivity index is 5.29. The van der Waals surface area contributed by atoms with Crippen LogP contribution in [-0.4, -0.2) is 124 Å². The van der Waals surface area contributed by atoms with Crippen molar-refractivity contribution < 1.29 is 38.1 Å². The van der Waals surface area contributed by atoms with Crippen molar-refractivity contribution in [3.63, 3.8) is 0 Å². The summed E-state index contributed by atoms with van der Waals surface area (Å²) in [5.74, 6) is 1.14. The summed E-state index contributed by atoms with van der Waals surface area (Å²) in [5.41, 5.74) is 5.31. The number of ether oxygens (including phenoxy) is 4.